The fourth-order valence-electron chi connectivity index (χ4n) is 3.77. The quantitative estimate of drug-likeness (QED) is 0.484. The lowest BCUT2D eigenvalue weighted by Gasteiger charge is -2.27. The molecule has 0 unspecified atom stereocenters. The summed E-state index contributed by atoms with van der Waals surface area (Å²) in [7, 11) is 0. The molecule has 5 nitrogen and oxygen atoms in total. The molecule has 3 aromatic carbocycles. The zero-order valence-corrected chi connectivity index (χ0v) is 17.7. The predicted molar refractivity (Wildman–Crippen MR) is 121 cm³/mol. The van der Waals surface area contributed by atoms with Crippen molar-refractivity contribution < 1.29 is 18.8 Å². The minimum absolute atomic E-state index is 0.162. The molecule has 1 fully saturated rings. The highest BCUT2D eigenvalue weighted by molar-refractivity contribution is 6.39. The van der Waals surface area contributed by atoms with Gasteiger partial charge >= 0.3 is 6.03 Å². The number of aryl methyl sites for hydroxylation is 2. The Balaban J connectivity index is 1.74. The van der Waals surface area contributed by atoms with Crippen LogP contribution < -0.4 is 10.2 Å². The highest BCUT2D eigenvalue weighted by atomic mass is 19.1. The van der Waals surface area contributed by atoms with Crippen LogP contribution >= 0.6 is 0 Å². The molecule has 0 aromatic heterocycles. The molecule has 0 saturated carbocycles. The monoisotopic (exact) mass is 428 g/mol. The zero-order valence-electron chi connectivity index (χ0n) is 17.7. The number of imide groups is 2. The van der Waals surface area contributed by atoms with Crippen molar-refractivity contribution in [3.8, 4) is 0 Å². The van der Waals surface area contributed by atoms with Gasteiger partial charge in [0.05, 0.1) is 5.69 Å². The summed E-state index contributed by atoms with van der Waals surface area (Å²) in [5.41, 5.74) is 3.84. The van der Waals surface area contributed by atoms with Crippen LogP contribution in [0.1, 0.15) is 27.8 Å². The molecular formula is C26H21FN2O3. The van der Waals surface area contributed by atoms with Gasteiger partial charge in [-0.2, -0.15) is 0 Å². The SMILES string of the molecule is Cc1ccc(N2C(=O)NC(=O)/C(=C\c3ccccc3Cc3ccccc3F)C2=O)c(C)c1. The standard InChI is InChI=1S/C26H21FN2O3/c1-16-11-12-23(17(2)13-16)29-25(31)21(24(30)28-26(29)32)15-19-8-4-3-7-18(19)14-20-9-5-6-10-22(20)27/h3-13,15H,14H2,1-2H3,(H,28,30,32)/b21-15+. The van der Waals surface area contributed by atoms with Gasteiger partial charge < -0.3 is 0 Å². The van der Waals surface area contributed by atoms with E-state index < -0.39 is 17.8 Å². The topological polar surface area (TPSA) is 66.5 Å². The summed E-state index contributed by atoms with van der Waals surface area (Å²) in [5.74, 6) is -1.79. The van der Waals surface area contributed by atoms with Crippen LogP contribution in [0.4, 0.5) is 14.9 Å². The third-order valence-corrected chi connectivity index (χ3v) is 5.39. The number of carbonyl (C=O) groups excluding carboxylic acids is 3. The van der Waals surface area contributed by atoms with Gasteiger partial charge in [-0.3, -0.25) is 14.9 Å². The molecule has 1 aliphatic heterocycles. The normalized spacial score (nSPS) is 15.3. The number of anilines is 1. The summed E-state index contributed by atoms with van der Waals surface area (Å²) in [6, 6.07) is 18.2. The van der Waals surface area contributed by atoms with Crippen LogP contribution in [0.25, 0.3) is 6.08 Å². The lowest BCUT2D eigenvalue weighted by atomic mass is 9.97. The Kier molecular flexibility index (Phi) is 5.69. The molecule has 1 saturated heterocycles. The van der Waals surface area contributed by atoms with E-state index in [4.69, 9.17) is 0 Å². The molecule has 0 spiro atoms. The van der Waals surface area contributed by atoms with E-state index >= 15 is 0 Å². The number of benzene rings is 3. The summed E-state index contributed by atoms with van der Waals surface area (Å²) in [6.07, 6.45) is 1.75. The summed E-state index contributed by atoms with van der Waals surface area (Å²) >= 11 is 0. The molecule has 1 N–H and O–H groups in total. The van der Waals surface area contributed by atoms with Crippen molar-refractivity contribution in [2.24, 2.45) is 0 Å². The van der Waals surface area contributed by atoms with Crippen molar-refractivity contribution in [3.05, 3.63) is 106 Å². The number of hydrogen-bond donors (Lipinski definition) is 1. The van der Waals surface area contributed by atoms with Gasteiger partial charge in [0, 0.05) is 6.42 Å². The third-order valence-electron chi connectivity index (χ3n) is 5.39. The molecular weight excluding hydrogens is 407 g/mol. The van der Waals surface area contributed by atoms with Gasteiger partial charge in [-0.1, -0.05) is 60.2 Å². The van der Waals surface area contributed by atoms with E-state index in [1.54, 1.807) is 49.4 Å². The van der Waals surface area contributed by atoms with E-state index in [1.165, 1.54) is 12.1 Å². The van der Waals surface area contributed by atoms with Crippen LogP contribution in [0, 0.1) is 19.7 Å². The van der Waals surface area contributed by atoms with E-state index in [2.05, 4.69) is 5.32 Å². The first-order chi connectivity index (χ1) is 15.3. The first-order valence-electron chi connectivity index (χ1n) is 10.1. The number of rotatable bonds is 4. The number of halogens is 1. The van der Waals surface area contributed by atoms with Crippen molar-refractivity contribution >= 4 is 29.6 Å². The van der Waals surface area contributed by atoms with Gasteiger partial charge in [0.25, 0.3) is 11.8 Å². The van der Waals surface area contributed by atoms with Crippen LogP contribution in [0.5, 0.6) is 0 Å². The summed E-state index contributed by atoms with van der Waals surface area (Å²) < 4.78 is 14.2. The molecule has 0 atom stereocenters. The molecule has 4 amide bonds. The van der Waals surface area contributed by atoms with E-state index in [-0.39, 0.29) is 11.4 Å². The van der Waals surface area contributed by atoms with Gasteiger partial charge in [0.2, 0.25) is 0 Å². The lowest BCUT2D eigenvalue weighted by molar-refractivity contribution is -0.122. The maximum absolute atomic E-state index is 14.2. The molecule has 0 bridgehead atoms. The Morgan fingerprint density at radius 3 is 2.31 bits per heavy atom. The Hall–Kier alpha value is -4.06. The predicted octanol–water partition coefficient (Wildman–Crippen LogP) is 4.70. The number of amides is 4. The minimum atomic E-state index is -0.788. The van der Waals surface area contributed by atoms with E-state index in [1.807, 2.05) is 25.1 Å². The number of carbonyl (C=O) groups is 3. The average molecular weight is 428 g/mol. The molecule has 6 heteroatoms. The van der Waals surface area contributed by atoms with Gasteiger partial charge in [0.1, 0.15) is 11.4 Å². The highest BCUT2D eigenvalue weighted by Crippen LogP contribution is 2.27. The minimum Gasteiger partial charge on any atom is -0.273 e. The van der Waals surface area contributed by atoms with Crippen LogP contribution in [0.3, 0.4) is 0 Å². The lowest BCUT2D eigenvalue weighted by Crippen LogP contribution is -2.54. The second kappa shape index (κ2) is 8.59. The zero-order chi connectivity index (χ0) is 22.8. The van der Waals surface area contributed by atoms with Gasteiger partial charge in [-0.05, 0) is 54.3 Å². The fraction of sp³-hybridized carbons (Fsp3) is 0.115. The van der Waals surface area contributed by atoms with Crippen molar-refractivity contribution in [1.82, 2.24) is 5.32 Å². The Labute approximate surface area is 185 Å². The van der Waals surface area contributed by atoms with Crippen LogP contribution in [0.2, 0.25) is 0 Å². The number of barbiturate groups is 1. The van der Waals surface area contributed by atoms with Crippen molar-refractivity contribution in [2.45, 2.75) is 20.3 Å². The second-order valence-corrected chi connectivity index (χ2v) is 7.71. The molecule has 32 heavy (non-hydrogen) atoms. The maximum Gasteiger partial charge on any atom is 0.335 e. The molecule has 160 valence electrons. The number of urea groups is 1. The van der Waals surface area contributed by atoms with Gasteiger partial charge in [0.15, 0.2) is 0 Å². The highest BCUT2D eigenvalue weighted by Gasteiger charge is 2.37. The van der Waals surface area contributed by atoms with Crippen LogP contribution in [-0.2, 0) is 16.0 Å². The Bertz CT molecular complexity index is 1280. The molecule has 1 aliphatic rings. The van der Waals surface area contributed by atoms with E-state index in [9.17, 15) is 18.8 Å². The largest absolute Gasteiger partial charge is 0.335 e. The Morgan fingerprint density at radius 1 is 0.906 bits per heavy atom. The number of hydrogen-bond acceptors (Lipinski definition) is 3. The van der Waals surface area contributed by atoms with E-state index in [0.717, 1.165) is 21.6 Å². The Morgan fingerprint density at radius 2 is 1.59 bits per heavy atom. The van der Waals surface area contributed by atoms with Crippen LogP contribution in [-0.4, -0.2) is 17.8 Å². The van der Waals surface area contributed by atoms with Crippen molar-refractivity contribution in [1.29, 1.82) is 0 Å². The first-order valence-corrected chi connectivity index (χ1v) is 10.1. The van der Waals surface area contributed by atoms with E-state index in [0.29, 0.717) is 23.2 Å². The van der Waals surface area contributed by atoms with Crippen LogP contribution in [0.15, 0.2) is 72.3 Å². The summed E-state index contributed by atoms with van der Waals surface area (Å²) in [5, 5.41) is 2.25. The fourth-order valence-corrected chi connectivity index (χ4v) is 3.77. The molecule has 0 aliphatic carbocycles. The number of nitrogens with one attached hydrogen (secondary N) is 1. The smallest absolute Gasteiger partial charge is 0.273 e. The first kappa shape index (κ1) is 21.2. The summed E-state index contributed by atoms with van der Waals surface area (Å²) in [4.78, 5) is 39.3. The molecule has 4 rings (SSSR count). The third kappa shape index (κ3) is 4.07. The second-order valence-electron chi connectivity index (χ2n) is 7.71. The number of nitrogens with zero attached hydrogens (tertiary/aromatic N) is 1. The molecule has 0 radical (unpaired) electrons. The van der Waals surface area contributed by atoms with Gasteiger partial charge in [-0.25, -0.2) is 14.1 Å². The maximum atomic E-state index is 14.2. The average Bonchev–Trinajstić information content (AvgIpc) is 2.75. The van der Waals surface area contributed by atoms with Gasteiger partial charge in [-0.15, -0.1) is 0 Å². The van der Waals surface area contributed by atoms with Crippen molar-refractivity contribution in [3.63, 3.8) is 0 Å². The van der Waals surface area contributed by atoms with Crippen molar-refractivity contribution in [2.75, 3.05) is 4.90 Å². The summed E-state index contributed by atoms with van der Waals surface area (Å²) in [6.45, 7) is 3.71. The molecule has 1 heterocycles. The molecule has 3 aromatic rings.